The zero-order valence-electron chi connectivity index (χ0n) is 14.5. The Morgan fingerprint density at radius 1 is 1.12 bits per heavy atom. The van der Waals surface area contributed by atoms with Crippen LogP contribution < -0.4 is 15.5 Å². The van der Waals surface area contributed by atoms with Crippen molar-refractivity contribution >= 4 is 23.3 Å². The largest absolute Gasteiger partial charge is 0.326 e. The van der Waals surface area contributed by atoms with E-state index in [1.54, 1.807) is 4.90 Å². The lowest BCUT2D eigenvalue weighted by Crippen LogP contribution is -2.43. The van der Waals surface area contributed by atoms with Crippen LogP contribution in [0, 0.1) is 25.5 Å². The average Bonchev–Trinajstić information content (AvgIpc) is 2.93. The SMILES string of the molecule is Cc1ccc(N2CC[C@@H](NC(=O)Nc3ccc(F)cc3F)C2=O)cc1C. The summed E-state index contributed by atoms with van der Waals surface area (Å²) in [7, 11) is 0. The Kier molecular flexibility index (Phi) is 4.88. The number of anilines is 2. The molecule has 3 rings (SSSR count). The van der Waals surface area contributed by atoms with E-state index in [0.29, 0.717) is 19.0 Å². The summed E-state index contributed by atoms with van der Waals surface area (Å²) in [6, 6.07) is 7.19. The van der Waals surface area contributed by atoms with Gasteiger partial charge in [0.1, 0.15) is 17.7 Å². The number of nitrogens with one attached hydrogen (secondary N) is 2. The predicted molar refractivity (Wildman–Crippen MR) is 95.2 cm³/mol. The Morgan fingerprint density at radius 2 is 1.88 bits per heavy atom. The summed E-state index contributed by atoms with van der Waals surface area (Å²) in [6.45, 7) is 4.45. The maximum Gasteiger partial charge on any atom is 0.319 e. The van der Waals surface area contributed by atoms with Gasteiger partial charge < -0.3 is 15.5 Å². The first kappa shape index (κ1) is 17.8. The zero-order chi connectivity index (χ0) is 18.8. The van der Waals surface area contributed by atoms with E-state index >= 15 is 0 Å². The Bertz CT molecular complexity index is 870. The summed E-state index contributed by atoms with van der Waals surface area (Å²) in [5, 5.41) is 4.84. The maximum absolute atomic E-state index is 13.6. The van der Waals surface area contributed by atoms with Crippen LogP contribution in [0.3, 0.4) is 0 Å². The van der Waals surface area contributed by atoms with Crippen LogP contribution in [0.15, 0.2) is 36.4 Å². The van der Waals surface area contributed by atoms with E-state index < -0.39 is 23.7 Å². The topological polar surface area (TPSA) is 61.4 Å². The molecule has 1 saturated heterocycles. The Hall–Kier alpha value is -2.96. The van der Waals surface area contributed by atoms with Gasteiger partial charge in [-0.2, -0.15) is 0 Å². The van der Waals surface area contributed by atoms with Crippen molar-refractivity contribution in [3.8, 4) is 0 Å². The van der Waals surface area contributed by atoms with E-state index in [4.69, 9.17) is 0 Å². The van der Waals surface area contributed by atoms with Gasteiger partial charge >= 0.3 is 6.03 Å². The fraction of sp³-hybridized carbons (Fsp3) is 0.263. The molecule has 3 amide bonds. The second-order valence-electron chi connectivity index (χ2n) is 6.32. The second kappa shape index (κ2) is 7.11. The molecule has 0 unspecified atom stereocenters. The van der Waals surface area contributed by atoms with Crippen molar-refractivity contribution in [1.29, 1.82) is 0 Å². The van der Waals surface area contributed by atoms with Crippen LogP contribution in [-0.4, -0.2) is 24.5 Å². The van der Waals surface area contributed by atoms with E-state index in [2.05, 4.69) is 10.6 Å². The lowest BCUT2D eigenvalue weighted by Gasteiger charge is -2.18. The molecule has 1 fully saturated rings. The van der Waals surface area contributed by atoms with E-state index in [0.717, 1.165) is 28.9 Å². The van der Waals surface area contributed by atoms with Crippen LogP contribution in [0.4, 0.5) is 25.0 Å². The third-order valence-electron chi connectivity index (χ3n) is 4.49. The van der Waals surface area contributed by atoms with Crippen molar-refractivity contribution in [2.75, 3.05) is 16.8 Å². The van der Waals surface area contributed by atoms with Crippen molar-refractivity contribution in [3.05, 3.63) is 59.2 Å². The molecule has 5 nitrogen and oxygen atoms in total. The normalized spacial score (nSPS) is 16.7. The number of benzene rings is 2. The molecule has 0 aliphatic carbocycles. The fourth-order valence-electron chi connectivity index (χ4n) is 2.87. The van der Waals surface area contributed by atoms with E-state index in [9.17, 15) is 18.4 Å². The highest BCUT2D eigenvalue weighted by molar-refractivity contribution is 6.02. The molecule has 1 aliphatic heterocycles. The number of amides is 3. The highest BCUT2D eigenvalue weighted by Gasteiger charge is 2.33. The summed E-state index contributed by atoms with van der Waals surface area (Å²) >= 11 is 0. The van der Waals surface area contributed by atoms with Crippen LogP contribution in [0.1, 0.15) is 17.5 Å². The van der Waals surface area contributed by atoms with Gasteiger partial charge in [-0.15, -0.1) is 0 Å². The summed E-state index contributed by atoms with van der Waals surface area (Å²) in [4.78, 5) is 26.2. The van der Waals surface area contributed by atoms with E-state index in [1.807, 2.05) is 32.0 Å². The number of aryl methyl sites for hydroxylation is 2. The van der Waals surface area contributed by atoms with Gasteiger partial charge in [-0.3, -0.25) is 4.79 Å². The van der Waals surface area contributed by atoms with Crippen molar-refractivity contribution in [1.82, 2.24) is 5.32 Å². The van der Waals surface area contributed by atoms with Crippen molar-refractivity contribution in [2.24, 2.45) is 0 Å². The van der Waals surface area contributed by atoms with E-state index in [-0.39, 0.29) is 11.6 Å². The van der Waals surface area contributed by atoms with Gasteiger partial charge in [0.05, 0.1) is 5.69 Å². The number of nitrogens with zero attached hydrogens (tertiary/aromatic N) is 1. The van der Waals surface area contributed by atoms with Crippen molar-refractivity contribution in [2.45, 2.75) is 26.3 Å². The lowest BCUT2D eigenvalue weighted by atomic mass is 10.1. The van der Waals surface area contributed by atoms with Crippen LogP contribution in [0.25, 0.3) is 0 Å². The third-order valence-corrected chi connectivity index (χ3v) is 4.49. The van der Waals surface area contributed by atoms with Crippen LogP contribution in [0.2, 0.25) is 0 Å². The highest BCUT2D eigenvalue weighted by atomic mass is 19.1. The molecule has 1 heterocycles. The van der Waals surface area contributed by atoms with Gasteiger partial charge in [-0.05, 0) is 55.7 Å². The third kappa shape index (κ3) is 3.66. The standard InChI is InChI=1S/C19H19F2N3O2/c1-11-3-5-14(9-12(11)2)24-8-7-17(18(24)25)23-19(26)22-16-6-4-13(20)10-15(16)21/h3-6,9-10,17H,7-8H2,1-2H3,(H2,22,23,26)/t17-/m1/s1. The van der Waals surface area contributed by atoms with Gasteiger partial charge in [0, 0.05) is 18.3 Å². The number of carbonyl (C=O) groups is 2. The summed E-state index contributed by atoms with van der Waals surface area (Å²) in [6.07, 6.45) is 0.449. The Morgan fingerprint density at radius 3 is 2.58 bits per heavy atom. The molecule has 2 aromatic rings. The molecule has 0 radical (unpaired) electrons. The molecular weight excluding hydrogens is 340 g/mol. The molecule has 136 valence electrons. The van der Waals surface area contributed by atoms with Gasteiger partial charge in [0.15, 0.2) is 0 Å². The van der Waals surface area contributed by atoms with Crippen LogP contribution in [0.5, 0.6) is 0 Å². The number of carbonyl (C=O) groups excluding carboxylic acids is 2. The Labute approximate surface area is 150 Å². The molecule has 0 saturated carbocycles. The van der Waals surface area contributed by atoms with Crippen LogP contribution in [-0.2, 0) is 4.79 Å². The summed E-state index contributed by atoms with van der Waals surface area (Å²) in [5.74, 6) is -1.83. The van der Waals surface area contributed by atoms with Crippen molar-refractivity contribution < 1.29 is 18.4 Å². The summed E-state index contributed by atoms with van der Waals surface area (Å²) in [5.41, 5.74) is 2.85. The monoisotopic (exact) mass is 359 g/mol. The number of rotatable bonds is 3. The molecule has 0 bridgehead atoms. The van der Waals surface area contributed by atoms with E-state index in [1.165, 1.54) is 0 Å². The number of urea groups is 1. The first-order valence-corrected chi connectivity index (χ1v) is 8.26. The number of hydrogen-bond acceptors (Lipinski definition) is 2. The van der Waals surface area contributed by atoms with Gasteiger partial charge in [-0.1, -0.05) is 6.07 Å². The fourth-order valence-corrected chi connectivity index (χ4v) is 2.87. The molecular formula is C19H19F2N3O2. The Balaban J connectivity index is 1.64. The quantitative estimate of drug-likeness (QED) is 0.881. The molecule has 7 heteroatoms. The molecule has 2 N–H and O–H groups in total. The minimum atomic E-state index is -0.880. The first-order valence-electron chi connectivity index (χ1n) is 8.26. The smallest absolute Gasteiger partial charge is 0.319 e. The van der Waals surface area contributed by atoms with Gasteiger partial charge in [-0.25, -0.2) is 13.6 Å². The average molecular weight is 359 g/mol. The lowest BCUT2D eigenvalue weighted by molar-refractivity contribution is -0.118. The minimum absolute atomic E-state index is 0.152. The maximum atomic E-state index is 13.6. The molecule has 26 heavy (non-hydrogen) atoms. The molecule has 0 aromatic heterocycles. The van der Waals surface area contributed by atoms with Crippen molar-refractivity contribution in [3.63, 3.8) is 0 Å². The van der Waals surface area contributed by atoms with Crippen LogP contribution >= 0.6 is 0 Å². The molecule has 0 spiro atoms. The first-order chi connectivity index (χ1) is 12.3. The zero-order valence-corrected chi connectivity index (χ0v) is 14.5. The summed E-state index contributed by atoms with van der Waals surface area (Å²) < 4.78 is 26.5. The molecule has 1 aliphatic rings. The molecule has 2 aromatic carbocycles. The van der Waals surface area contributed by atoms with Gasteiger partial charge in [0.25, 0.3) is 0 Å². The second-order valence-corrected chi connectivity index (χ2v) is 6.32. The number of hydrogen-bond donors (Lipinski definition) is 2. The molecule has 1 atom stereocenters. The number of halogens is 2. The highest BCUT2D eigenvalue weighted by Crippen LogP contribution is 2.24. The predicted octanol–water partition coefficient (Wildman–Crippen LogP) is 3.51. The minimum Gasteiger partial charge on any atom is -0.326 e. The van der Waals surface area contributed by atoms with Gasteiger partial charge in [0.2, 0.25) is 5.91 Å².